The standard InChI is InChI=1S/C21H22FNO4/c1-27-18-9-5-2-6-14(18)12-15(19(24)25)13-23-20(26)21(10-11-21)16-7-3-4-8-17(16)22/h2-9,15H,10-13H2,1H3,(H,23,26)(H,24,25). The van der Waals surface area contributed by atoms with Crippen LogP contribution in [-0.2, 0) is 21.4 Å². The molecule has 0 aliphatic heterocycles. The maximum Gasteiger partial charge on any atom is 0.308 e. The van der Waals surface area contributed by atoms with Gasteiger partial charge in [0.25, 0.3) is 0 Å². The lowest BCUT2D eigenvalue weighted by Crippen LogP contribution is -2.40. The van der Waals surface area contributed by atoms with Gasteiger partial charge in [0.2, 0.25) is 5.91 Å². The Balaban J connectivity index is 1.69. The van der Waals surface area contributed by atoms with Gasteiger partial charge in [0.15, 0.2) is 0 Å². The number of hydrogen-bond donors (Lipinski definition) is 2. The van der Waals surface area contributed by atoms with Crippen molar-refractivity contribution in [1.82, 2.24) is 5.32 Å². The fourth-order valence-electron chi connectivity index (χ4n) is 3.36. The second kappa shape index (κ2) is 7.78. The molecule has 2 aromatic carbocycles. The first kappa shape index (κ1) is 18.9. The number of carbonyl (C=O) groups is 2. The molecule has 1 aliphatic carbocycles. The van der Waals surface area contributed by atoms with Gasteiger partial charge in [-0.25, -0.2) is 4.39 Å². The van der Waals surface area contributed by atoms with Crippen LogP contribution < -0.4 is 10.1 Å². The smallest absolute Gasteiger partial charge is 0.308 e. The van der Waals surface area contributed by atoms with Crippen molar-refractivity contribution in [3.8, 4) is 5.75 Å². The van der Waals surface area contributed by atoms with Gasteiger partial charge in [0.1, 0.15) is 11.6 Å². The lowest BCUT2D eigenvalue weighted by molar-refractivity contribution is -0.141. The van der Waals surface area contributed by atoms with Gasteiger partial charge in [0, 0.05) is 12.1 Å². The molecule has 2 N–H and O–H groups in total. The highest BCUT2D eigenvalue weighted by Gasteiger charge is 2.52. The molecule has 0 bridgehead atoms. The van der Waals surface area contributed by atoms with E-state index in [1.807, 2.05) is 12.1 Å². The molecule has 0 spiro atoms. The molecule has 2 aromatic rings. The van der Waals surface area contributed by atoms with Gasteiger partial charge in [-0.15, -0.1) is 0 Å². The molecule has 5 nitrogen and oxygen atoms in total. The summed E-state index contributed by atoms with van der Waals surface area (Å²) in [5, 5.41) is 12.3. The van der Waals surface area contributed by atoms with Gasteiger partial charge in [-0.05, 0) is 37.0 Å². The van der Waals surface area contributed by atoms with E-state index in [9.17, 15) is 19.1 Å². The maximum absolute atomic E-state index is 14.1. The quantitative estimate of drug-likeness (QED) is 0.748. The van der Waals surface area contributed by atoms with Crippen LogP contribution in [0.4, 0.5) is 4.39 Å². The molecule has 0 radical (unpaired) electrons. The van der Waals surface area contributed by atoms with Crippen LogP contribution in [0.1, 0.15) is 24.0 Å². The largest absolute Gasteiger partial charge is 0.496 e. The van der Waals surface area contributed by atoms with E-state index in [0.29, 0.717) is 24.2 Å². The lowest BCUT2D eigenvalue weighted by Gasteiger charge is -2.19. The average molecular weight is 371 g/mol. The Bertz CT molecular complexity index is 848. The van der Waals surface area contributed by atoms with E-state index in [-0.39, 0.29) is 18.9 Å². The molecule has 1 unspecified atom stereocenters. The van der Waals surface area contributed by atoms with E-state index in [0.717, 1.165) is 5.56 Å². The maximum atomic E-state index is 14.1. The van der Waals surface area contributed by atoms with E-state index >= 15 is 0 Å². The molecule has 1 saturated carbocycles. The van der Waals surface area contributed by atoms with Crippen LogP contribution in [0, 0.1) is 11.7 Å². The molecule has 0 saturated heterocycles. The minimum Gasteiger partial charge on any atom is -0.496 e. The minimum atomic E-state index is -1.00. The van der Waals surface area contributed by atoms with Gasteiger partial charge >= 0.3 is 5.97 Å². The zero-order chi connectivity index (χ0) is 19.4. The Labute approximate surface area is 157 Å². The highest BCUT2D eigenvalue weighted by Crippen LogP contribution is 2.49. The van der Waals surface area contributed by atoms with E-state index in [1.54, 1.807) is 30.3 Å². The fourth-order valence-corrected chi connectivity index (χ4v) is 3.36. The number of aliphatic carboxylic acids is 1. The van der Waals surface area contributed by atoms with Crippen LogP contribution in [0.2, 0.25) is 0 Å². The number of nitrogens with one attached hydrogen (secondary N) is 1. The SMILES string of the molecule is COc1ccccc1CC(CNC(=O)C1(c2ccccc2F)CC1)C(=O)O. The Morgan fingerprint density at radius 1 is 1.19 bits per heavy atom. The number of hydrogen-bond acceptors (Lipinski definition) is 3. The molecule has 1 atom stereocenters. The summed E-state index contributed by atoms with van der Waals surface area (Å²) in [5.74, 6) is -1.92. The predicted octanol–water partition coefficient (Wildman–Crippen LogP) is 2.93. The molecule has 1 fully saturated rings. The van der Waals surface area contributed by atoms with E-state index in [4.69, 9.17) is 4.74 Å². The topological polar surface area (TPSA) is 75.6 Å². The van der Waals surface area contributed by atoms with Crippen molar-refractivity contribution in [1.29, 1.82) is 0 Å². The van der Waals surface area contributed by atoms with Gasteiger partial charge in [0.05, 0.1) is 18.4 Å². The third-order valence-corrected chi connectivity index (χ3v) is 5.09. The third kappa shape index (κ3) is 3.94. The van der Waals surface area contributed by atoms with Crippen LogP contribution in [0.15, 0.2) is 48.5 Å². The number of carbonyl (C=O) groups excluding carboxylic acids is 1. The first-order valence-corrected chi connectivity index (χ1v) is 8.86. The fraction of sp³-hybridized carbons (Fsp3) is 0.333. The monoisotopic (exact) mass is 371 g/mol. The number of carboxylic acid groups (broad SMARTS) is 1. The van der Waals surface area contributed by atoms with Crippen molar-refractivity contribution in [2.45, 2.75) is 24.7 Å². The molecular formula is C21H22FNO4. The third-order valence-electron chi connectivity index (χ3n) is 5.09. The zero-order valence-electron chi connectivity index (χ0n) is 15.1. The highest BCUT2D eigenvalue weighted by molar-refractivity contribution is 5.91. The second-order valence-electron chi connectivity index (χ2n) is 6.82. The van der Waals surface area contributed by atoms with Gasteiger partial charge in [-0.3, -0.25) is 9.59 Å². The van der Waals surface area contributed by atoms with Crippen LogP contribution >= 0.6 is 0 Å². The molecule has 6 heteroatoms. The van der Waals surface area contributed by atoms with Crippen molar-refractivity contribution < 1.29 is 23.8 Å². The number of ether oxygens (including phenoxy) is 1. The van der Waals surface area contributed by atoms with Crippen molar-refractivity contribution in [2.75, 3.05) is 13.7 Å². The van der Waals surface area contributed by atoms with E-state index in [1.165, 1.54) is 13.2 Å². The summed E-state index contributed by atoms with van der Waals surface area (Å²) in [6.07, 6.45) is 1.35. The number of carboxylic acids is 1. The summed E-state index contributed by atoms with van der Waals surface area (Å²) >= 11 is 0. The second-order valence-corrected chi connectivity index (χ2v) is 6.82. The summed E-state index contributed by atoms with van der Waals surface area (Å²) < 4.78 is 19.4. The Kier molecular flexibility index (Phi) is 5.44. The number of methoxy groups -OCH3 is 1. The average Bonchev–Trinajstić information content (AvgIpc) is 3.47. The van der Waals surface area contributed by atoms with Crippen molar-refractivity contribution in [2.24, 2.45) is 5.92 Å². The number of halogens is 1. The Morgan fingerprint density at radius 2 is 1.85 bits per heavy atom. The first-order valence-electron chi connectivity index (χ1n) is 8.86. The van der Waals surface area contributed by atoms with Gasteiger partial charge in [-0.1, -0.05) is 36.4 Å². The van der Waals surface area contributed by atoms with Crippen LogP contribution in [-0.4, -0.2) is 30.6 Å². The number of para-hydroxylation sites is 1. The normalized spacial score (nSPS) is 15.6. The summed E-state index contributed by atoms with van der Waals surface area (Å²) in [7, 11) is 1.53. The number of benzene rings is 2. The molecule has 27 heavy (non-hydrogen) atoms. The Morgan fingerprint density at radius 3 is 2.48 bits per heavy atom. The molecule has 1 amide bonds. The van der Waals surface area contributed by atoms with E-state index in [2.05, 4.69) is 5.32 Å². The molecule has 0 heterocycles. The number of amides is 1. The molecule has 1 aliphatic rings. The molecule has 142 valence electrons. The van der Waals surface area contributed by atoms with Gasteiger partial charge in [-0.2, -0.15) is 0 Å². The van der Waals surface area contributed by atoms with Crippen LogP contribution in [0.3, 0.4) is 0 Å². The van der Waals surface area contributed by atoms with E-state index < -0.39 is 23.1 Å². The van der Waals surface area contributed by atoms with Crippen LogP contribution in [0.25, 0.3) is 0 Å². The van der Waals surface area contributed by atoms with Crippen molar-refractivity contribution in [3.05, 3.63) is 65.5 Å². The van der Waals surface area contributed by atoms with Crippen molar-refractivity contribution in [3.63, 3.8) is 0 Å². The first-order chi connectivity index (χ1) is 13.0. The zero-order valence-corrected chi connectivity index (χ0v) is 15.1. The highest BCUT2D eigenvalue weighted by atomic mass is 19.1. The summed E-state index contributed by atoms with van der Waals surface area (Å²) in [4.78, 5) is 24.3. The lowest BCUT2D eigenvalue weighted by atomic mass is 9.93. The van der Waals surface area contributed by atoms with Crippen molar-refractivity contribution >= 4 is 11.9 Å². The summed E-state index contributed by atoms with van der Waals surface area (Å²) in [6.45, 7) is -0.0254. The molecule has 0 aromatic heterocycles. The Hall–Kier alpha value is -2.89. The van der Waals surface area contributed by atoms with Gasteiger partial charge < -0.3 is 15.2 Å². The predicted molar refractivity (Wildman–Crippen MR) is 98.1 cm³/mol. The molecular weight excluding hydrogens is 349 g/mol. The number of rotatable bonds is 8. The van der Waals surface area contributed by atoms with Crippen LogP contribution in [0.5, 0.6) is 5.75 Å². The summed E-state index contributed by atoms with van der Waals surface area (Å²) in [5.41, 5.74) is 0.259. The minimum absolute atomic E-state index is 0.0254. The molecule has 3 rings (SSSR count). The summed E-state index contributed by atoms with van der Waals surface area (Å²) in [6, 6.07) is 13.4.